The first-order valence-electron chi connectivity index (χ1n) is 7.84. The predicted octanol–water partition coefficient (Wildman–Crippen LogP) is 1.69. The summed E-state index contributed by atoms with van der Waals surface area (Å²) in [7, 11) is 0. The van der Waals surface area contributed by atoms with Crippen LogP contribution in [0.15, 0.2) is 24.3 Å². The lowest BCUT2D eigenvalue weighted by atomic mass is 10.1. The highest BCUT2D eigenvalue weighted by Gasteiger charge is 2.17. The highest BCUT2D eigenvalue weighted by molar-refractivity contribution is 5.89. The average Bonchev–Trinajstić information content (AvgIpc) is 2.52. The van der Waals surface area contributed by atoms with E-state index in [-0.39, 0.29) is 30.3 Å². The zero-order valence-corrected chi connectivity index (χ0v) is 13.7. The molecule has 2 N–H and O–H groups in total. The molecule has 0 fully saturated rings. The molecule has 0 saturated carbocycles. The largest absolute Gasteiger partial charge is 0.478 e. The van der Waals surface area contributed by atoms with Gasteiger partial charge in [0.25, 0.3) is 0 Å². The number of nitrogens with one attached hydrogen (secondary N) is 1. The van der Waals surface area contributed by atoms with Crippen molar-refractivity contribution < 1.29 is 19.5 Å². The Bertz CT molecular complexity index is 557. The van der Waals surface area contributed by atoms with Gasteiger partial charge in [-0.1, -0.05) is 26.0 Å². The maximum Gasteiger partial charge on any atom is 0.335 e. The minimum atomic E-state index is -1.02. The highest BCUT2D eigenvalue weighted by Crippen LogP contribution is 2.08. The van der Waals surface area contributed by atoms with Crippen molar-refractivity contribution in [3.05, 3.63) is 35.4 Å². The van der Waals surface area contributed by atoms with Crippen molar-refractivity contribution in [2.24, 2.45) is 0 Å². The fraction of sp³-hybridized carbons (Fsp3) is 0.471. The second kappa shape index (κ2) is 9.61. The summed E-state index contributed by atoms with van der Waals surface area (Å²) in [6.07, 6.45) is 1.68. The summed E-state index contributed by atoms with van der Waals surface area (Å²) in [6.45, 7) is 5.02. The number of carboxylic acids is 1. The molecule has 1 aromatic rings. The first kappa shape index (κ1) is 18.7. The standard InChI is InChI=1S/C17H24N2O4/c1-3-8-18-15(20)12-19(9-4-2)16(21)11-13-6-5-7-14(10-13)17(22)23/h5-7,10H,3-4,8-9,11-12H2,1-2H3,(H,18,20)(H,22,23). The molecule has 0 aliphatic heterocycles. The van der Waals surface area contributed by atoms with Gasteiger partial charge in [0.2, 0.25) is 11.8 Å². The molecule has 0 atom stereocenters. The van der Waals surface area contributed by atoms with Crippen molar-refractivity contribution in [2.75, 3.05) is 19.6 Å². The van der Waals surface area contributed by atoms with Crippen molar-refractivity contribution in [3.63, 3.8) is 0 Å². The molecule has 0 aromatic heterocycles. The molecule has 6 heteroatoms. The van der Waals surface area contributed by atoms with E-state index in [4.69, 9.17) is 5.11 Å². The lowest BCUT2D eigenvalue weighted by molar-refractivity contribution is -0.135. The smallest absolute Gasteiger partial charge is 0.335 e. The lowest BCUT2D eigenvalue weighted by Gasteiger charge is -2.21. The van der Waals surface area contributed by atoms with Crippen LogP contribution in [-0.2, 0) is 16.0 Å². The van der Waals surface area contributed by atoms with Crippen LogP contribution in [0.5, 0.6) is 0 Å². The third-order valence-corrected chi connectivity index (χ3v) is 3.28. The van der Waals surface area contributed by atoms with Crippen molar-refractivity contribution in [3.8, 4) is 0 Å². The molecule has 0 unspecified atom stereocenters. The topological polar surface area (TPSA) is 86.7 Å². The molecule has 0 aliphatic rings. The van der Waals surface area contributed by atoms with E-state index in [9.17, 15) is 14.4 Å². The van der Waals surface area contributed by atoms with Crippen LogP contribution in [-0.4, -0.2) is 47.4 Å². The number of nitrogens with zero attached hydrogens (tertiary/aromatic N) is 1. The van der Waals surface area contributed by atoms with Crippen molar-refractivity contribution in [1.29, 1.82) is 0 Å². The fourth-order valence-corrected chi connectivity index (χ4v) is 2.16. The van der Waals surface area contributed by atoms with Crippen LogP contribution in [0.2, 0.25) is 0 Å². The Kier molecular flexibility index (Phi) is 7.80. The van der Waals surface area contributed by atoms with Gasteiger partial charge in [-0.2, -0.15) is 0 Å². The Balaban J connectivity index is 2.72. The monoisotopic (exact) mass is 320 g/mol. The van der Waals surface area contributed by atoms with E-state index in [1.165, 1.54) is 17.0 Å². The molecule has 0 bridgehead atoms. The molecule has 0 saturated heterocycles. The summed E-state index contributed by atoms with van der Waals surface area (Å²) in [5, 5.41) is 11.7. The van der Waals surface area contributed by atoms with Gasteiger partial charge in [-0.05, 0) is 30.5 Å². The molecule has 0 heterocycles. The van der Waals surface area contributed by atoms with E-state index in [0.717, 1.165) is 12.8 Å². The van der Waals surface area contributed by atoms with Gasteiger partial charge in [0.15, 0.2) is 0 Å². The zero-order valence-electron chi connectivity index (χ0n) is 13.7. The molecule has 0 aliphatic carbocycles. The van der Waals surface area contributed by atoms with Crippen molar-refractivity contribution in [1.82, 2.24) is 10.2 Å². The van der Waals surface area contributed by atoms with Crippen LogP contribution < -0.4 is 5.32 Å². The molecule has 23 heavy (non-hydrogen) atoms. The number of benzene rings is 1. The summed E-state index contributed by atoms with van der Waals surface area (Å²) in [6, 6.07) is 6.30. The van der Waals surface area contributed by atoms with E-state index in [1.807, 2.05) is 13.8 Å². The van der Waals surface area contributed by atoms with E-state index in [0.29, 0.717) is 18.7 Å². The lowest BCUT2D eigenvalue weighted by Crippen LogP contribution is -2.42. The van der Waals surface area contributed by atoms with E-state index >= 15 is 0 Å². The third kappa shape index (κ3) is 6.50. The van der Waals surface area contributed by atoms with Gasteiger partial charge < -0.3 is 15.3 Å². The Morgan fingerprint density at radius 2 is 1.91 bits per heavy atom. The van der Waals surface area contributed by atoms with Crippen LogP contribution in [0.4, 0.5) is 0 Å². The van der Waals surface area contributed by atoms with Gasteiger partial charge >= 0.3 is 5.97 Å². The second-order valence-electron chi connectivity index (χ2n) is 5.35. The van der Waals surface area contributed by atoms with Gasteiger partial charge in [-0.15, -0.1) is 0 Å². The highest BCUT2D eigenvalue weighted by atomic mass is 16.4. The molecular formula is C17H24N2O4. The number of carboxylic acid groups (broad SMARTS) is 1. The van der Waals surface area contributed by atoms with Crippen LogP contribution in [0.25, 0.3) is 0 Å². The molecule has 126 valence electrons. The normalized spacial score (nSPS) is 10.2. The van der Waals surface area contributed by atoms with Gasteiger partial charge in [0.1, 0.15) is 0 Å². The molecular weight excluding hydrogens is 296 g/mol. The quantitative estimate of drug-likeness (QED) is 0.725. The van der Waals surface area contributed by atoms with Gasteiger partial charge in [-0.25, -0.2) is 4.79 Å². The Hall–Kier alpha value is -2.37. The minimum absolute atomic E-state index is 0.0330. The maximum atomic E-state index is 12.4. The molecule has 0 radical (unpaired) electrons. The van der Waals surface area contributed by atoms with E-state index < -0.39 is 5.97 Å². The summed E-state index contributed by atoms with van der Waals surface area (Å²) in [5.74, 6) is -1.38. The Morgan fingerprint density at radius 1 is 1.17 bits per heavy atom. The van der Waals surface area contributed by atoms with Gasteiger partial charge in [-0.3, -0.25) is 9.59 Å². The predicted molar refractivity (Wildman–Crippen MR) is 87.3 cm³/mol. The number of aromatic carboxylic acids is 1. The first-order valence-corrected chi connectivity index (χ1v) is 7.84. The maximum absolute atomic E-state index is 12.4. The molecule has 0 spiro atoms. The van der Waals surface area contributed by atoms with E-state index in [2.05, 4.69) is 5.32 Å². The first-order chi connectivity index (χ1) is 11.0. The zero-order chi connectivity index (χ0) is 17.2. The van der Waals surface area contributed by atoms with Crippen molar-refractivity contribution >= 4 is 17.8 Å². The number of amides is 2. The Labute approximate surface area is 136 Å². The van der Waals surface area contributed by atoms with Gasteiger partial charge in [0.05, 0.1) is 18.5 Å². The second-order valence-corrected chi connectivity index (χ2v) is 5.35. The summed E-state index contributed by atoms with van der Waals surface area (Å²) in [5.41, 5.74) is 0.781. The van der Waals surface area contributed by atoms with Gasteiger partial charge in [0, 0.05) is 13.1 Å². The minimum Gasteiger partial charge on any atom is -0.478 e. The summed E-state index contributed by atoms with van der Waals surface area (Å²) < 4.78 is 0. The van der Waals surface area contributed by atoms with Crippen LogP contribution in [0.3, 0.4) is 0 Å². The molecule has 1 aromatic carbocycles. The van der Waals surface area contributed by atoms with Crippen molar-refractivity contribution in [2.45, 2.75) is 33.1 Å². The number of hydrogen-bond donors (Lipinski definition) is 2. The number of carbonyl (C=O) groups is 3. The SMILES string of the molecule is CCCNC(=O)CN(CCC)C(=O)Cc1cccc(C(=O)O)c1. The number of carbonyl (C=O) groups excluding carboxylic acids is 2. The summed E-state index contributed by atoms with van der Waals surface area (Å²) >= 11 is 0. The average molecular weight is 320 g/mol. The van der Waals surface area contributed by atoms with Crippen LogP contribution in [0, 0.1) is 0 Å². The van der Waals surface area contributed by atoms with Crippen LogP contribution in [0.1, 0.15) is 42.6 Å². The number of hydrogen-bond acceptors (Lipinski definition) is 3. The Morgan fingerprint density at radius 3 is 2.52 bits per heavy atom. The third-order valence-electron chi connectivity index (χ3n) is 3.28. The summed E-state index contributed by atoms with van der Waals surface area (Å²) in [4.78, 5) is 36.7. The molecule has 6 nitrogen and oxygen atoms in total. The molecule has 1 rings (SSSR count). The van der Waals surface area contributed by atoms with E-state index in [1.54, 1.807) is 12.1 Å². The fourth-order valence-electron chi connectivity index (χ4n) is 2.16. The number of rotatable bonds is 9. The van der Waals surface area contributed by atoms with Crippen LogP contribution >= 0.6 is 0 Å². The molecule has 2 amide bonds.